The third kappa shape index (κ3) is 1.20. The van der Waals surface area contributed by atoms with E-state index < -0.39 is 0 Å². The van der Waals surface area contributed by atoms with Crippen LogP contribution < -0.4 is 0 Å². The molecule has 0 heterocycles. The molecule has 1 atom stereocenters. The van der Waals surface area contributed by atoms with Gasteiger partial charge in [0.15, 0.2) is 0 Å². The minimum Gasteiger partial charge on any atom is -0.396 e. The number of hydrogen-bond donors (Lipinski definition) is 1. The van der Waals surface area contributed by atoms with E-state index in [1.54, 1.807) is 0 Å². The highest BCUT2D eigenvalue weighted by Crippen LogP contribution is 2.55. The summed E-state index contributed by atoms with van der Waals surface area (Å²) >= 11 is 0. The van der Waals surface area contributed by atoms with Crippen LogP contribution in [-0.4, -0.2) is 11.7 Å². The van der Waals surface area contributed by atoms with Crippen molar-refractivity contribution in [3.63, 3.8) is 0 Å². The van der Waals surface area contributed by atoms with E-state index in [9.17, 15) is 0 Å². The lowest BCUT2D eigenvalue weighted by Gasteiger charge is -2.38. The topological polar surface area (TPSA) is 20.2 Å². The lowest BCUT2D eigenvalue weighted by atomic mass is 9.67. The van der Waals surface area contributed by atoms with Gasteiger partial charge in [-0.25, -0.2) is 0 Å². The molecule has 0 spiro atoms. The lowest BCUT2D eigenvalue weighted by molar-refractivity contribution is 0.0687. The molecule has 0 bridgehead atoms. The molecule has 0 amide bonds. The van der Waals surface area contributed by atoms with Crippen LogP contribution in [0.1, 0.15) is 40.5 Å². The van der Waals surface area contributed by atoms with Gasteiger partial charge < -0.3 is 5.11 Å². The van der Waals surface area contributed by atoms with Crippen LogP contribution in [-0.2, 0) is 0 Å². The summed E-state index contributed by atoms with van der Waals surface area (Å²) in [6, 6.07) is 0. The Morgan fingerprint density at radius 3 is 2.00 bits per heavy atom. The van der Waals surface area contributed by atoms with Gasteiger partial charge in [-0.3, -0.25) is 0 Å². The van der Waals surface area contributed by atoms with Crippen LogP contribution in [0.15, 0.2) is 0 Å². The molecule has 11 heavy (non-hydrogen) atoms. The average molecular weight is 156 g/mol. The second-order valence-corrected chi connectivity index (χ2v) is 5.02. The van der Waals surface area contributed by atoms with Crippen LogP contribution in [0.25, 0.3) is 0 Å². The van der Waals surface area contributed by atoms with Crippen LogP contribution >= 0.6 is 0 Å². The molecular formula is C10H20O. The normalized spacial score (nSPS) is 34.1. The van der Waals surface area contributed by atoms with Crippen LogP contribution in [0, 0.1) is 16.7 Å². The van der Waals surface area contributed by atoms with Gasteiger partial charge in [-0.05, 0) is 29.6 Å². The minimum absolute atomic E-state index is 0.307. The van der Waals surface area contributed by atoms with Crippen molar-refractivity contribution < 1.29 is 5.11 Å². The zero-order chi connectivity index (χ0) is 8.70. The Bertz CT molecular complexity index is 147. The number of aliphatic hydroxyl groups excluding tert-OH is 1. The standard InChI is InChI=1S/C10H20O/c1-9(2)6-5-8(7-11)10(9,3)4/h8,11H,5-7H2,1-4H3/t8-/m0/s1. The van der Waals surface area contributed by atoms with Gasteiger partial charge in [0.2, 0.25) is 0 Å². The zero-order valence-corrected chi connectivity index (χ0v) is 8.15. The van der Waals surface area contributed by atoms with Gasteiger partial charge in [0.1, 0.15) is 0 Å². The molecule has 1 saturated carbocycles. The van der Waals surface area contributed by atoms with Crippen LogP contribution in [0.4, 0.5) is 0 Å². The Kier molecular flexibility index (Phi) is 2.04. The highest BCUT2D eigenvalue weighted by molar-refractivity contribution is 4.97. The Hall–Kier alpha value is -0.0400. The molecule has 1 rings (SSSR count). The van der Waals surface area contributed by atoms with Crippen LogP contribution in [0.3, 0.4) is 0 Å². The zero-order valence-electron chi connectivity index (χ0n) is 8.15. The first kappa shape index (κ1) is 9.05. The molecule has 0 radical (unpaired) electrons. The summed E-state index contributed by atoms with van der Waals surface area (Å²) < 4.78 is 0. The monoisotopic (exact) mass is 156 g/mol. The molecule has 1 heteroatoms. The van der Waals surface area contributed by atoms with Crippen molar-refractivity contribution in [3.8, 4) is 0 Å². The van der Waals surface area contributed by atoms with Gasteiger partial charge in [0.05, 0.1) is 0 Å². The maximum atomic E-state index is 9.13. The number of rotatable bonds is 1. The summed E-state index contributed by atoms with van der Waals surface area (Å²) in [4.78, 5) is 0. The van der Waals surface area contributed by atoms with Gasteiger partial charge in [0.25, 0.3) is 0 Å². The van der Waals surface area contributed by atoms with Gasteiger partial charge in [0, 0.05) is 6.61 Å². The molecule has 0 aromatic rings. The average Bonchev–Trinajstić information content (AvgIpc) is 2.05. The summed E-state index contributed by atoms with van der Waals surface area (Å²) in [5.41, 5.74) is 0.710. The summed E-state index contributed by atoms with van der Waals surface area (Å²) in [7, 11) is 0. The quantitative estimate of drug-likeness (QED) is 0.618. The summed E-state index contributed by atoms with van der Waals surface area (Å²) in [5.74, 6) is 0.512. The van der Waals surface area contributed by atoms with E-state index in [1.807, 2.05) is 0 Å². The second kappa shape index (κ2) is 2.48. The lowest BCUT2D eigenvalue weighted by Crippen LogP contribution is -2.33. The highest BCUT2D eigenvalue weighted by atomic mass is 16.3. The van der Waals surface area contributed by atoms with Crippen molar-refractivity contribution >= 4 is 0 Å². The van der Waals surface area contributed by atoms with Crippen molar-refractivity contribution in [2.24, 2.45) is 16.7 Å². The van der Waals surface area contributed by atoms with Gasteiger partial charge >= 0.3 is 0 Å². The fourth-order valence-electron chi connectivity index (χ4n) is 2.09. The molecule has 1 fully saturated rings. The summed E-state index contributed by atoms with van der Waals surface area (Å²) in [6.07, 6.45) is 2.45. The smallest absolute Gasteiger partial charge is 0.0464 e. The Morgan fingerprint density at radius 2 is 1.82 bits per heavy atom. The minimum atomic E-state index is 0.307. The fraction of sp³-hybridized carbons (Fsp3) is 1.00. The summed E-state index contributed by atoms with van der Waals surface area (Å²) in [6.45, 7) is 9.53. The fourth-order valence-corrected chi connectivity index (χ4v) is 2.09. The Balaban J connectivity index is 2.81. The third-order valence-corrected chi connectivity index (χ3v) is 4.10. The van der Waals surface area contributed by atoms with Crippen molar-refractivity contribution in [3.05, 3.63) is 0 Å². The molecule has 1 aliphatic carbocycles. The van der Waals surface area contributed by atoms with Gasteiger partial charge in [-0.15, -0.1) is 0 Å². The first-order valence-electron chi connectivity index (χ1n) is 4.52. The van der Waals surface area contributed by atoms with E-state index >= 15 is 0 Å². The Labute approximate surface area is 69.8 Å². The van der Waals surface area contributed by atoms with Crippen molar-refractivity contribution in [1.82, 2.24) is 0 Å². The van der Waals surface area contributed by atoms with Gasteiger partial charge in [-0.2, -0.15) is 0 Å². The molecule has 1 N–H and O–H groups in total. The third-order valence-electron chi connectivity index (χ3n) is 4.10. The van der Waals surface area contributed by atoms with Gasteiger partial charge in [-0.1, -0.05) is 27.7 Å². The Morgan fingerprint density at radius 1 is 1.27 bits per heavy atom. The van der Waals surface area contributed by atoms with Crippen LogP contribution in [0.2, 0.25) is 0 Å². The molecular weight excluding hydrogens is 136 g/mol. The molecule has 0 unspecified atom stereocenters. The van der Waals surface area contributed by atoms with E-state index in [4.69, 9.17) is 5.11 Å². The second-order valence-electron chi connectivity index (χ2n) is 5.02. The first-order chi connectivity index (χ1) is 4.92. The molecule has 0 aliphatic heterocycles. The number of hydrogen-bond acceptors (Lipinski definition) is 1. The SMILES string of the molecule is CC1(C)CC[C@@H](CO)C1(C)C. The van der Waals surface area contributed by atoms with Crippen LogP contribution in [0.5, 0.6) is 0 Å². The molecule has 1 aliphatic rings. The molecule has 0 saturated heterocycles. The predicted molar refractivity (Wildman–Crippen MR) is 47.4 cm³/mol. The molecule has 0 aromatic carbocycles. The molecule has 0 aromatic heterocycles. The molecule has 1 nitrogen and oxygen atoms in total. The maximum Gasteiger partial charge on any atom is 0.0464 e. The summed E-state index contributed by atoms with van der Waals surface area (Å²) in [5, 5.41) is 9.13. The maximum absolute atomic E-state index is 9.13. The first-order valence-corrected chi connectivity index (χ1v) is 4.52. The van der Waals surface area contributed by atoms with E-state index in [-0.39, 0.29) is 0 Å². The van der Waals surface area contributed by atoms with Crippen molar-refractivity contribution in [2.75, 3.05) is 6.61 Å². The highest BCUT2D eigenvalue weighted by Gasteiger charge is 2.47. The van der Waals surface area contributed by atoms with E-state index in [2.05, 4.69) is 27.7 Å². The predicted octanol–water partition coefficient (Wildman–Crippen LogP) is 2.44. The largest absolute Gasteiger partial charge is 0.396 e. The van der Waals surface area contributed by atoms with Crippen molar-refractivity contribution in [1.29, 1.82) is 0 Å². The number of aliphatic hydroxyl groups is 1. The van der Waals surface area contributed by atoms with E-state index in [0.29, 0.717) is 23.4 Å². The van der Waals surface area contributed by atoms with E-state index in [0.717, 1.165) is 0 Å². The molecule has 66 valence electrons. The van der Waals surface area contributed by atoms with E-state index in [1.165, 1.54) is 12.8 Å². The van der Waals surface area contributed by atoms with Crippen molar-refractivity contribution in [2.45, 2.75) is 40.5 Å².